The fourth-order valence-electron chi connectivity index (χ4n) is 1.86. The zero-order valence-corrected chi connectivity index (χ0v) is 9.20. The first kappa shape index (κ1) is 9.48. The van der Waals surface area contributed by atoms with Crippen molar-refractivity contribution in [3.8, 4) is 0 Å². The number of hydrogen-bond donors (Lipinski definition) is 1. The Hall–Kier alpha value is -1.74. The lowest BCUT2D eigenvalue weighted by Crippen LogP contribution is -1.99. The van der Waals surface area contributed by atoms with Crippen LogP contribution in [0.1, 0.15) is 0 Å². The molecule has 0 bridgehead atoms. The highest BCUT2D eigenvalue weighted by Gasteiger charge is 2.04. The molecule has 0 unspecified atom stereocenters. The minimum absolute atomic E-state index is 0.337. The van der Waals surface area contributed by atoms with Crippen molar-refractivity contribution in [2.45, 2.75) is 4.90 Å². The van der Waals surface area contributed by atoms with Gasteiger partial charge in [0.25, 0.3) is 0 Å². The zero-order valence-electron chi connectivity index (χ0n) is 8.31. The lowest BCUT2D eigenvalue weighted by molar-refractivity contribution is 0.544. The molecule has 3 aromatic rings. The van der Waals surface area contributed by atoms with Gasteiger partial charge >= 0.3 is 5.63 Å². The normalized spacial score (nSPS) is 11.1. The van der Waals surface area contributed by atoms with Crippen LogP contribution in [0, 0.1) is 0 Å². The molecule has 16 heavy (non-hydrogen) atoms. The fraction of sp³-hybridized carbons (Fsp3) is 0. The molecule has 78 valence electrons. The largest absolute Gasteiger partial charge is 0.422 e. The molecule has 2 nitrogen and oxygen atoms in total. The van der Waals surface area contributed by atoms with Gasteiger partial charge in [0, 0.05) is 5.39 Å². The lowest BCUT2D eigenvalue weighted by atomic mass is 10.1. The minimum Gasteiger partial charge on any atom is -0.422 e. The molecule has 0 aliphatic heterocycles. The molecule has 2 aromatic carbocycles. The maximum atomic E-state index is 11.3. The van der Waals surface area contributed by atoms with Crippen LogP contribution in [0.25, 0.3) is 21.7 Å². The van der Waals surface area contributed by atoms with Crippen LogP contribution < -0.4 is 5.63 Å². The van der Waals surface area contributed by atoms with E-state index in [1.165, 1.54) is 0 Å². The van der Waals surface area contributed by atoms with Crippen LogP contribution in [0.5, 0.6) is 0 Å². The monoisotopic (exact) mass is 228 g/mol. The predicted octanol–water partition coefficient (Wildman–Crippen LogP) is 3.23. The molecule has 0 aliphatic rings. The van der Waals surface area contributed by atoms with E-state index < -0.39 is 5.63 Å². The zero-order chi connectivity index (χ0) is 11.1. The van der Waals surface area contributed by atoms with E-state index in [-0.39, 0.29) is 0 Å². The van der Waals surface area contributed by atoms with Crippen LogP contribution in [0.2, 0.25) is 0 Å². The molecule has 0 aliphatic carbocycles. The summed E-state index contributed by atoms with van der Waals surface area (Å²) in [6.45, 7) is 0. The topological polar surface area (TPSA) is 30.2 Å². The molecule has 0 fully saturated rings. The summed E-state index contributed by atoms with van der Waals surface area (Å²) >= 11 is 4.09. The van der Waals surface area contributed by atoms with Gasteiger partial charge in [-0.05, 0) is 22.9 Å². The quantitative estimate of drug-likeness (QED) is 0.364. The van der Waals surface area contributed by atoms with Gasteiger partial charge in [0.2, 0.25) is 0 Å². The first-order valence-electron chi connectivity index (χ1n) is 4.90. The summed E-state index contributed by atoms with van der Waals surface area (Å²) in [7, 11) is 0. The Balaban J connectivity index is 2.60. The number of hydrogen-bond acceptors (Lipinski definition) is 3. The van der Waals surface area contributed by atoms with E-state index >= 15 is 0 Å². The first-order chi connectivity index (χ1) is 7.75. The molecule has 0 spiro atoms. The van der Waals surface area contributed by atoms with Gasteiger partial charge in [0.1, 0.15) is 5.58 Å². The molecule has 0 saturated carbocycles. The second kappa shape index (κ2) is 3.39. The highest BCUT2D eigenvalue weighted by Crippen LogP contribution is 2.25. The molecule has 1 aromatic heterocycles. The van der Waals surface area contributed by atoms with Crippen LogP contribution in [-0.4, -0.2) is 0 Å². The van der Waals surface area contributed by atoms with Gasteiger partial charge in [-0.1, -0.05) is 30.3 Å². The van der Waals surface area contributed by atoms with E-state index in [0.717, 1.165) is 16.2 Å². The Kier molecular flexibility index (Phi) is 2.01. The summed E-state index contributed by atoms with van der Waals surface area (Å²) in [6, 6.07) is 13.5. The van der Waals surface area contributed by atoms with E-state index in [0.29, 0.717) is 10.5 Å². The maximum Gasteiger partial charge on any atom is 0.349 e. The van der Waals surface area contributed by atoms with Crippen molar-refractivity contribution in [2.75, 3.05) is 0 Å². The number of benzene rings is 2. The van der Waals surface area contributed by atoms with Gasteiger partial charge in [-0.25, -0.2) is 4.79 Å². The first-order valence-corrected chi connectivity index (χ1v) is 5.35. The Labute approximate surface area is 96.9 Å². The summed E-state index contributed by atoms with van der Waals surface area (Å²) in [5.74, 6) is 0. The Morgan fingerprint density at radius 2 is 1.81 bits per heavy atom. The summed E-state index contributed by atoms with van der Waals surface area (Å²) in [5.41, 5.74) is 0.201. The highest BCUT2D eigenvalue weighted by atomic mass is 32.1. The molecule has 1 heterocycles. The Morgan fingerprint density at radius 3 is 2.69 bits per heavy atom. The van der Waals surface area contributed by atoms with Crippen molar-refractivity contribution >= 4 is 34.4 Å². The van der Waals surface area contributed by atoms with Crippen LogP contribution in [-0.2, 0) is 0 Å². The third kappa shape index (κ3) is 1.32. The van der Waals surface area contributed by atoms with Crippen LogP contribution in [0.15, 0.2) is 56.6 Å². The predicted molar refractivity (Wildman–Crippen MR) is 67.2 cm³/mol. The number of thiol groups is 1. The second-order valence-electron chi connectivity index (χ2n) is 3.62. The molecule has 3 heteroatoms. The molecule has 0 amide bonds. The summed E-state index contributed by atoms with van der Waals surface area (Å²) in [5, 5.41) is 3.11. The van der Waals surface area contributed by atoms with E-state index in [9.17, 15) is 4.79 Å². The van der Waals surface area contributed by atoms with E-state index in [1.54, 1.807) is 6.07 Å². The van der Waals surface area contributed by atoms with Crippen LogP contribution >= 0.6 is 12.6 Å². The molecular weight excluding hydrogens is 220 g/mol. The van der Waals surface area contributed by atoms with E-state index in [1.807, 2.05) is 36.4 Å². The molecule has 0 N–H and O–H groups in total. The SMILES string of the molecule is O=c1oc2ccc3ccccc3c2cc1S. The average molecular weight is 228 g/mol. The summed E-state index contributed by atoms with van der Waals surface area (Å²) in [4.78, 5) is 11.7. The summed E-state index contributed by atoms with van der Waals surface area (Å²) < 4.78 is 5.17. The maximum absolute atomic E-state index is 11.3. The van der Waals surface area contributed by atoms with E-state index in [2.05, 4.69) is 12.6 Å². The Bertz CT molecular complexity index is 744. The number of fused-ring (bicyclic) bond motifs is 3. The van der Waals surface area contributed by atoms with Gasteiger partial charge in [0.15, 0.2) is 0 Å². The van der Waals surface area contributed by atoms with Crippen molar-refractivity contribution in [3.05, 3.63) is 52.9 Å². The molecule has 0 saturated heterocycles. The third-order valence-electron chi connectivity index (χ3n) is 2.62. The average Bonchev–Trinajstić information content (AvgIpc) is 2.31. The van der Waals surface area contributed by atoms with Gasteiger partial charge < -0.3 is 4.42 Å². The Morgan fingerprint density at radius 1 is 1.00 bits per heavy atom. The molecular formula is C13H8O2S. The standard InChI is InChI=1S/C13H8O2S/c14-13-12(16)7-10-9-4-2-1-3-8(9)5-6-11(10)15-13/h1-7,16H. The van der Waals surface area contributed by atoms with Gasteiger partial charge in [0.05, 0.1) is 4.90 Å². The van der Waals surface area contributed by atoms with Crippen molar-refractivity contribution < 1.29 is 4.42 Å². The van der Waals surface area contributed by atoms with E-state index in [4.69, 9.17) is 4.42 Å². The van der Waals surface area contributed by atoms with Gasteiger partial charge in [-0.3, -0.25) is 0 Å². The van der Waals surface area contributed by atoms with Gasteiger partial charge in [-0.15, -0.1) is 12.6 Å². The van der Waals surface area contributed by atoms with Crippen molar-refractivity contribution in [2.24, 2.45) is 0 Å². The van der Waals surface area contributed by atoms with Gasteiger partial charge in [-0.2, -0.15) is 0 Å². The lowest BCUT2D eigenvalue weighted by Gasteiger charge is -2.02. The third-order valence-corrected chi connectivity index (χ3v) is 2.94. The smallest absolute Gasteiger partial charge is 0.349 e. The molecule has 3 rings (SSSR count). The van der Waals surface area contributed by atoms with Crippen LogP contribution in [0.4, 0.5) is 0 Å². The molecule has 0 radical (unpaired) electrons. The summed E-state index contributed by atoms with van der Waals surface area (Å²) in [6.07, 6.45) is 0. The minimum atomic E-state index is -0.397. The van der Waals surface area contributed by atoms with Crippen molar-refractivity contribution in [1.29, 1.82) is 0 Å². The highest BCUT2D eigenvalue weighted by molar-refractivity contribution is 7.80. The fourth-order valence-corrected chi connectivity index (χ4v) is 2.04. The molecule has 0 atom stereocenters. The number of rotatable bonds is 0. The van der Waals surface area contributed by atoms with Crippen molar-refractivity contribution in [3.63, 3.8) is 0 Å². The van der Waals surface area contributed by atoms with Crippen molar-refractivity contribution in [1.82, 2.24) is 0 Å². The van der Waals surface area contributed by atoms with Crippen LogP contribution in [0.3, 0.4) is 0 Å². The second-order valence-corrected chi connectivity index (χ2v) is 4.10.